The van der Waals surface area contributed by atoms with E-state index in [4.69, 9.17) is 14.7 Å². The molecule has 2 N–H and O–H groups in total. The van der Waals surface area contributed by atoms with Crippen molar-refractivity contribution in [3.8, 4) is 17.1 Å². The van der Waals surface area contributed by atoms with Crippen molar-refractivity contribution in [3.05, 3.63) is 83.4 Å². The Morgan fingerprint density at radius 1 is 1.12 bits per heavy atom. The van der Waals surface area contributed by atoms with Crippen molar-refractivity contribution >= 4 is 23.2 Å². The molecule has 1 aromatic heterocycles. The predicted molar refractivity (Wildman–Crippen MR) is 126 cm³/mol. The number of carbonyl (C=O) groups excluding carboxylic acids is 1. The second-order valence-electron chi connectivity index (χ2n) is 7.22. The van der Waals surface area contributed by atoms with Crippen LogP contribution < -0.4 is 10.3 Å². The number of nitrogens with zero attached hydrogens (tertiary/aromatic N) is 3. The molecule has 4 rings (SSSR count). The van der Waals surface area contributed by atoms with Crippen LogP contribution in [0.25, 0.3) is 22.2 Å². The van der Waals surface area contributed by atoms with E-state index in [-0.39, 0.29) is 0 Å². The van der Waals surface area contributed by atoms with E-state index >= 15 is 0 Å². The van der Waals surface area contributed by atoms with Crippen LogP contribution in [-0.2, 0) is 11.3 Å². The van der Waals surface area contributed by atoms with E-state index in [1.54, 1.807) is 23.9 Å². The van der Waals surface area contributed by atoms with Crippen molar-refractivity contribution in [1.82, 2.24) is 15.1 Å². The lowest BCUT2D eigenvalue weighted by molar-refractivity contribution is 0.0602. The molecule has 0 spiro atoms. The highest BCUT2D eigenvalue weighted by Crippen LogP contribution is 2.28. The molecule has 0 fully saturated rings. The molecule has 0 atom stereocenters. The molecule has 33 heavy (non-hydrogen) atoms. The van der Waals surface area contributed by atoms with Gasteiger partial charge in [-0.05, 0) is 35.7 Å². The molecule has 0 aliphatic rings. The van der Waals surface area contributed by atoms with Crippen molar-refractivity contribution in [2.75, 3.05) is 13.7 Å². The number of imidazole rings is 1. The molecule has 8 nitrogen and oxygen atoms in total. The van der Waals surface area contributed by atoms with Crippen LogP contribution in [0.3, 0.4) is 0 Å². The first-order valence-corrected chi connectivity index (χ1v) is 10.5. The predicted octanol–water partition coefficient (Wildman–Crippen LogP) is 4.25. The topological polar surface area (TPSA) is 98.0 Å². The highest BCUT2D eigenvalue weighted by molar-refractivity contribution is 6.02. The molecule has 0 aliphatic heterocycles. The first-order valence-electron chi connectivity index (χ1n) is 10.5. The maximum Gasteiger partial charge on any atom is 0.340 e. The number of hydrogen-bond donors (Lipinski definition) is 2. The number of methoxy groups -OCH3 is 1. The van der Waals surface area contributed by atoms with Gasteiger partial charge in [-0.25, -0.2) is 4.79 Å². The molecular weight excluding hydrogens is 420 g/mol. The van der Waals surface area contributed by atoms with Gasteiger partial charge in [-0.15, -0.1) is 0 Å². The molecule has 0 radical (unpaired) electrons. The Bertz CT molecular complexity index is 1300. The molecule has 168 valence electrons. The van der Waals surface area contributed by atoms with Crippen LogP contribution in [0.1, 0.15) is 28.4 Å². The fraction of sp³-hybridized carbons (Fsp3) is 0.160. The fourth-order valence-corrected chi connectivity index (χ4v) is 3.77. The van der Waals surface area contributed by atoms with Crippen LogP contribution in [0.2, 0.25) is 0 Å². The summed E-state index contributed by atoms with van der Waals surface area (Å²) in [6, 6.07) is 21.7. The molecule has 0 bridgehead atoms. The highest BCUT2D eigenvalue weighted by atomic mass is 16.5. The van der Waals surface area contributed by atoms with Gasteiger partial charge in [0.1, 0.15) is 0 Å². The number of benzene rings is 3. The van der Waals surface area contributed by atoms with Crippen LogP contribution in [0.15, 0.2) is 71.8 Å². The van der Waals surface area contributed by atoms with Crippen LogP contribution >= 0.6 is 0 Å². The minimum Gasteiger partial charge on any atom is -0.465 e. The maximum atomic E-state index is 12.4. The van der Waals surface area contributed by atoms with Crippen molar-refractivity contribution in [2.24, 2.45) is 5.10 Å². The standard InChI is InChI=1S/C25H24N4O4/c1-3-33-25-27-22-10-6-9-21(24(30)32-2)23(22)29(25)16-17-11-13-18(14-12-17)20-8-5-4-7-19(20)15-26-28-31/h4-15,28,31H,3,16H2,1-2H3/b26-15+. The monoisotopic (exact) mass is 444 g/mol. The van der Waals surface area contributed by atoms with E-state index in [1.807, 2.05) is 66.1 Å². The summed E-state index contributed by atoms with van der Waals surface area (Å²) in [6.45, 7) is 2.82. The van der Waals surface area contributed by atoms with Crippen molar-refractivity contribution in [3.63, 3.8) is 0 Å². The Labute approximate surface area is 191 Å². The van der Waals surface area contributed by atoms with E-state index in [2.05, 4.69) is 10.1 Å². The quantitative estimate of drug-likeness (QED) is 0.240. The van der Waals surface area contributed by atoms with Crippen molar-refractivity contribution in [1.29, 1.82) is 0 Å². The number of esters is 1. The van der Waals surface area contributed by atoms with Crippen molar-refractivity contribution in [2.45, 2.75) is 13.5 Å². The second-order valence-corrected chi connectivity index (χ2v) is 7.22. The number of carbonyl (C=O) groups is 1. The second kappa shape index (κ2) is 9.97. The zero-order valence-corrected chi connectivity index (χ0v) is 18.4. The summed E-state index contributed by atoms with van der Waals surface area (Å²) in [7, 11) is 1.36. The van der Waals surface area contributed by atoms with Gasteiger partial charge in [-0.1, -0.05) is 54.6 Å². The van der Waals surface area contributed by atoms with Gasteiger partial charge in [-0.3, -0.25) is 9.77 Å². The molecule has 8 heteroatoms. The number of hydrazone groups is 1. The van der Waals surface area contributed by atoms with Crippen LogP contribution in [-0.4, -0.2) is 40.7 Å². The molecule has 0 amide bonds. The minimum atomic E-state index is -0.421. The first kappa shape index (κ1) is 22.0. The lowest BCUT2D eigenvalue weighted by Gasteiger charge is -2.12. The Balaban J connectivity index is 1.72. The number of nitrogens with one attached hydrogen (secondary N) is 1. The van der Waals surface area contributed by atoms with Gasteiger partial charge in [0, 0.05) is 5.56 Å². The van der Waals surface area contributed by atoms with Gasteiger partial charge in [0.25, 0.3) is 6.01 Å². The van der Waals surface area contributed by atoms with E-state index in [0.717, 1.165) is 22.3 Å². The summed E-state index contributed by atoms with van der Waals surface area (Å²) >= 11 is 0. The first-order chi connectivity index (χ1) is 16.2. The normalized spacial score (nSPS) is 11.1. The number of rotatable bonds is 8. The van der Waals surface area contributed by atoms with E-state index in [1.165, 1.54) is 7.11 Å². The lowest BCUT2D eigenvalue weighted by Crippen LogP contribution is -2.09. The molecule has 0 aliphatic carbocycles. The molecular formula is C25H24N4O4. The third-order valence-electron chi connectivity index (χ3n) is 5.24. The van der Waals surface area contributed by atoms with E-state index < -0.39 is 5.97 Å². The molecule has 0 saturated carbocycles. The Kier molecular flexibility index (Phi) is 6.66. The summed E-state index contributed by atoms with van der Waals surface area (Å²) in [5.74, 6) is -0.421. The summed E-state index contributed by atoms with van der Waals surface area (Å²) in [6.07, 6.45) is 1.56. The van der Waals surface area contributed by atoms with Crippen molar-refractivity contribution < 1.29 is 19.5 Å². The molecule has 0 unspecified atom stereocenters. The summed E-state index contributed by atoms with van der Waals surface area (Å²) < 4.78 is 12.6. The fourth-order valence-electron chi connectivity index (χ4n) is 3.77. The molecule has 3 aromatic carbocycles. The Hall–Kier alpha value is -4.17. The third kappa shape index (κ3) is 4.56. The van der Waals surface area contributed by atoms with Crippen LogP contribution in [0.4, 0.5) is 0 Å². The van der Waals surface area contributed by atoms with Gasteiger partial charge in [-0.2, -0.15) is 15.7 Å². The van der Waals surface area contributed by atoms with E-state index in [0.29, 0.717) is 35.8 Å². The SMILES string of the molecule is CCOc1nc2cccc(C(=O)OC)c2n1Cc1ccc(-c2ccccc2/C=N/NO)cc1. The van der Waals surface area contributed by atoms with Gasteiger partial charge in [0.2, 0.25) is 0 Å². The van der Waals surface area contributed by atoms with Gasteiger partial charge < -0.3 is 9.47 Å². The van der Waals surface area contributed by atoms with Crippen LogP contribution in [0, 0.1) is 0 Å². The average Bonchev–Trinajstić information content (AvgIpc) is 3.20. The number of para-hydroxylation sites is 1. The van der Waals surface area contributed by atoms with Gasteiger partial charge >= 0.3 is 5.97 Å². The van der Waals surface area contributed by atoms with E-state index in [9.17, 15) is 4.79 Å². The third-order valence-corrected chi connectivity index (χ3v) is 5.24. The summed E-state index contributed by atoms with van der Waals surface area (Å²) in [5, 5.41) is 12.5. The molecule has 1 heterocycles. The largest absolute Gasteiger partial charge is 0.465 e. The summed E-state index contributed by atoms with van der Waals surface area (Å²) in [4.78, 5) is 16.9. The number of fused-ring (bicyclic) bond motifs is 1. The zero-order chi connectivity index (χ0) is 23.2. The van der Waals surface area contributed by atoms with Gasteiger partial charge in [0.15, 0.2) is 0 Å². The van der Waals surface area contributed by atoms with Crippen LogP contribution in [0.5, 0.6) is 6.01 Å². The van der Waals surface area contributed by atoms with Gasteiger partial charge in [0.05, 0.1) is 43.1 Å². The zero-order valence-electron chi connectivity index (χ0n) is 18.4. The Morgan fingerprint density at radius 3 is 2.64 bits per heavy atom. The molecule has 0 saturated heterocycles. The average molecular weight is 444 g/mol. The lowest BCUT2D eigenvalue weighted by atomic mass is 9.99. The smallest absolute Gasteiger partial charge is 0.340 e. The molecule has 4 aromatic rings. The number of aromatic nitrogens is 2. The number of ether oxygens (including phenoxy) is 2. The highest BCUT2D eigenvalue weighted by Gasteiger charge is 2.19. The minimum absolute atomic E-state index is 0.421. The summed E-state index contributed by atoms with van der Waals surface area (Å²) in [5.41, 5.74) is 7.46. The number of hydrogen-bond acceptors (Lipinski definition) is 7. The Morgan fingerprint density at radius 2 is 1.91 bits per heavy atom. The maximum absolute atomic E-state index is 12.4.